The van der Waals surface area contributed by atoms with Crippen LogP contribution in [0.4, 0.5) is 0 Å². The minimum absolute atomic E-state index is 0.871. The number of pyridine rings is 1. The first-order valence-corrected chi connectivity index (χ1v) is 17.3. The van der Waals surface area contributed by atoms with Crippen molar-refractivity contribution in [2.45, 2.75) is 0 Å². The lowest BCUT2D eigenvalue weighted by molar-refractivity contribution is 0.669. The molecular weight excluding hydrogens is 623 g/mol. The third kappa shape index (κ3) is 4.23. The van der Waals surface area contributed by atoms with Gasteiger partial charge in [-0.15, -0.1) is 0 Å². The number of fused-ring (bicyclic) bond motifs is 9. The summed E-state index contributed by atoms with van der Waals surface area (Å²) in [5.74, 6) is 0. The molecule has 0 aliphatic carbocycles. The Bertz CT molecular complexity index is 3050. The van der Waals surface area contributed by atoms with E-state index in [0.29, 0.717) is 0 Å². The van der Waals surface area contributed by atoms with Gasteiger partial charge in [-0.2, -0.15) is 0 Å². The Morgan fingerprint density at radius 3 is 1.37 bits per heavy atom. The van der Waals surface area contributed by atoms with Crippen molar-refractivity contribution >= 4 is 65.6 Å². The zero-order valence-electron chi connectivity index (χ0n) is 27.5. The molecule has 0 aliphatic rings. The molecule has 238 valence electrons. The number of rotatable bonds is 4. The van der Waals surface area contributed by atoms with Crippen molar-refractivity contribution < 1.29 is 4.42 Å². The van der Waals surface area contributed by atoms with Gasteiger partial charge in [0.2, 0.25) is 0 Å². The van der Waals surface area contributed by atoms with E-state index < -0.39 is 0 Å². The van der Waals surface area contributed by atoms with Crippen LogP contribution in [-0.2, 0) is 0 Å². The van der Waals surface area contributed by atoms with Crippen molar-refractivity contribution in [1.82, 2.24) is 14.1 Å². The lowest BCUT2D eigenvalue weighted by atomic mass is 10.00. The van der Waals surface area contributed by atoms with E-state index in [-0.39, 0.29) is 0 Å². The van der Waals surface area contributed by atoms with Gasteiger partial charge >= 0.3 is 0 Å². The Morgan fingerprint density at radius 2 is 0.804 bits per heavy atom. The Kier molecular flexibility index (Phi) is 5.92. The fraction of sp³-hybridized carbons (Fsp3) is 0. The highest BCUT2D eigenvalue weighted by Gasteiger charge is 2.16. The van der Waals surface area contributed by atoms with E-state index in [9.17, 15) is 0 Å². The largest absolute Gasteiger partial charge is 0.456 e. The molecule has 0 saturated heterocycles. The van der Waals surface area contributed by atoms with Gasteiger partial charge in [0.15, 0.2) is 0 Å². The van der Waals surface area contributed by atoms with Gasteiger partial charge in [-0.25, -0.2) is 0 Å². The number of hydrogen-bond acceptors (Lipinski definition) is 2. The van der Waals surface area contributed by atoms with Crippen LogP contribution in [0.25, 0.3) is 99.2 Å². The summed E-state index contributed by atoms with van der Waals surface area (Å²) in [6.07, 6.45) is 3.91. The number of furan rings is 1. The molecule has 11 aromatic rings. The standard InChI is InChI=1S/C47H29N3O/c1-5-16-42-36(12-1)37-13-2-6-17-43(37)49(42)34-11-9-10-30(25-34)32-24-33(29-48-28-32)31-20-22-46-40(26-31)41-27-35(21-23-47(41)51-46)50-44-18-7-3-14-38(44)39-15-4-8-19-45(39)50/h1-29H. The molecule has 4 heterocycles. The van der Waals surface area contributed by atoms with E-state index in [1.54, 1.807) is 0 Å². The molecule has 0 aliphatic heterocycles. The molecule has 0 amide bonds. The van der Waals surface area contributed by atoms with Crippen LogP contribution in [0.1, 0.15) is 0 Å². The third-order valence-corrected chi connectivity index (χ3v) is 10.4. The van der Waals surface area contributed by atoms with E-state index in [1.165, 1.54) is 43.6 Å². The quantitative estimate of drug-likeness (QED) is 0.190. The molecule has 4 aromatic heterocycles. The van der Waals surface area contributed by atoms with Crippen molar-refractivity contribution in [2.24, 2.45) is 0 Å². The summed E-state index contributed by atoms with van der Waals surface area (Å²) in [5, 5.41) is 7.19. The first-order valence-electron chi connectivity index (χ1n) is 17.3. The fourth-order valence-electron chi connectivity index (χ4n) is 8.07. The van der Waals surface area contributed by atoms with Crippen LogP contribution in [0.5, 0.6) is 0 Å². The molecule has 0 radical (unpaired) electrons. The van der Waals surface area contributed by atoms with Crippen LogP contribution in [-0.4, -0.2) is 14.1 Å². The summed E-state index contributed by atoms with van der Waals surface area (Å²) in [6, 6.07) is 58.5. The Morgan fingerprint density at radius 1 is 0.333 bits per heavy atom. The molecule has 11 rings (SSSR count). The summed E-state index contributed by atoms with van der Waals surface area (Å²) < 4.78 is 11.1. The van der Waals surface area contributed by atoms with Crippen LogP contribution < -0.4 is 0 Å². The lowest BCUT2D eigenvalue weighted by Gasteiger charge is -2.11. The molecule has 0 atom stereocenters. The first kappa shape index (κ1) is 28.0. The van der Waals surface area contributed by atoms with Gasteiger partial charge in [-0.1, -0.05) is 91.0 Å². The molecule has 7 aromatic carbocycles. The Labute approximate surface area is 293 Å². The van der Waals surface area contributed by atoms with Crippen LogP contribution in [0.3, 0.4) is 0 Å². The van der Waals surface area contributed by atoms with Crippen LogP contribution >= 0.6 is 0 Å². The second-order valence-corrected chi connectivity index (χ2v) is 13.2. The van der Waals surface area contributed by atoms with E-state index >= 15 is 0 Å². The van der Waals surface area contributed by atoms with Gasteiger partial charge in [0, 0.05) is 67.2 Å². The molecule has 0 bridgehead atoms. The van der Waals surface area contributed by atoms with E-state index in [0.717, 1.165) is 55.6 Å². The maximum Gasteiger partial charge on any atom is 0.135 e. The van der Waals surface area contributed by atoms with E-state index in [4.69, 9.17) is 9.40 Å². The maximum atomic E-state index is 6.37. The molecule has 0 saturated carbocycles. The molecule has 0 N–H and O–H groups in total. The monoisotopic (exact) mass is 651 g/mol. The number of para-hydroxylation sites is 4. The summed E-state index contributed by atoms with van der Waals surface area (Å²) in [7, 11) is 0. The van der Waals surface area contributed by atoms with Crippen LogP contribution in [0.15, 0.2) is 181 Å². The van der Waals surface area contributed by atoms with Crippen molar-refractivity contribution in [3.8, 4) is 33.6 Å². The highest BCUT2D eigenvalue weighted by molar-refractivity contribution is 6.11. The van der Waals surface area contributed by atoms with Crippen LogP contribution in [0.2, 0.25) is 0 Å². The van der Waals surface area contributed by atoms with Crippen molar-refractivity contribution in [3.63, 3.8) is 0 Å². The third-order valence-electron chi connectivity index (χ3n) is 10.4. The average molecular weight is 652 g/mol. The second-order valence-electron chi connectivity index (χ2n) is 13.2. The predicted molar refractivity (Wildman–Crippen MR) is 211 cm³/mol. The summed E-state index contributed by atoms with van der Waals surface area (Å²) in [5.41, 5.74) is 13.1. The molecule has 0 fully saturated rings. The average Bonchev–Trinajstić information content (AvgIpc) is 3.85. The topological polar surface area (TPSA) is 35.9 Å². The fourth-order valence-corrected chi connectivity index (χ4v) is 8.07. The van der Waals surface area contributed by atoms with Crippen molar-refractivity contribution in [3.05, 3.63) is 176 Å². The Balaban J connectivity index is 1.02. The van der Waals surface area contributed by atoms with E-state index in [2.05, 4.69) is 173 Å². The number of hydrogen-bond donors (Lipinski definition) is 0. The maximum absolute atomic E-state index is 6.37. The normalized spacial score (nSPS) is 11.9. The van der Waals surface area contributed by atoms with Gasteiger partial charge in [0.25, 0.3) is 0 Å². The zero-order chi connectivity index (χ0) is 33.5. The highest BCUT2D eigenvalue weighted by atomic mass is 16.3. The molecule has 0 spiro atoms. The summed E-state index contributed by atoms with van der Waals surface area (Å²) in [4.78, 5) is 4.73. The molecule has 4 nitrogen and oxygen atoms in total. The van der Waals surface area contributed by atoms with Crippen LogP contribution in [0, 0.1) is 0 Å². The van der Waals surface area contributed by atoms with Gasteiger partial charge in [0.05, 0.1) is 22.1 Å². The molecule has 51 heavy (non-hydrogen) atoms. The second kappa shape index (κ2) is 10.8. The van der Waals surface area contributed by atoms with Crippen molar-refractivity contribution in [1.29, 1.82) is 0 Å². The highest BCUT2D eigenvalue weighted by Crippen LogP contribution is 2.38. The molecular formula is C47H29N3O. The zero-order valence-corrected chi connectivity index (χ0v) is 27.5. The van der Waals surface area contributed by atoms with Gasteiger partial charge < -0.3 is 13.6 Å². The number of benzene rings is 7. The summed E-state index contributed by atoms with van der Waals surface area (Å²) >= 11 is 0. The van der Waals surface area contributed by atoms with Gasteiger partial charge in [-0.3, -0.25) is 4.98 Å². The SMILES string of the molecule is c1cc(-c2cncc(-c3ccc4oc5ccc(-n6c7ccccc7c7ccccc76)cc5c4c3)c2)cc(-n2c3ccccc3c3ccccc32)c1. The van der Waals surface area contributed by atoms with Gasteiger partial charge in [-0.05, 0) is 83.9 Å². The first-order chi connectivity index (χ1) is 25.3. The minimum atomic E-state index is 0.871. The summed E-state index contributed by atoms with van der Waals surface area (Å²) in [6.45, 7) is 0. The van der Waals surface area contributed by atoms with Crippen molar-refractivity contribution in [2.75, 3.05) is 0 Å². The predicted octanol–water partition coefficient (Wildman–Crippen LogP) is 12.5. The number of nitrogens with zero attached hydrogens (tertiary/aromatic N) is 3. The minimum Gasteiger partial charge on any atom is -0.456 e. The lowest BCUT2D eigenvalue weighted by Crippen LogP contribution is -1.94. The van der Waals surface area contributed by atoms with E-state index in [1.807, 2.05) is 12.4 Å². The smallest absolute Gasteiger partial charge is 0.135 e. The van der Waals surface area contributed by atoms with Gasteiger partial charge in [0.1, 0.15) is 11.2 Å². The number of aromatic nitrogens is 3. The molecule has 4 heteroatoms. The Hall–Kier alpha value is -6.91. The molecule has 0 unspecified atom stereocenters.